The van der Waals surface area contributed by atoms with E-state index in [1.165, 1.54) is 14.8 Å². The summed E-state index contributed by atoms with van der Waals surface area (Å²) in [5.74, 6) is -2.31. The van der Waals surface area contributed by atoms with Gasteiger partial charge in [-0.15, -0.1) is 0 Å². The number of nitrogens with zero attached hydrogens (tertiary/aromatic N) is 4. The second-order valence-electron chi connectivity index (χ2n) is 9.36. The number of aryl methyl sites for hydroxylation is 2. The molecule has 0 radical (unpaired) electrons. The van der Waals surface area contributed by atoms with Crippen LogP contribution >= 0.6 is 0 Å². The number of piperazine rings is 1. The van der Waals surface area contributed by atoms with E-state index in [2.05, 4.69) is 0 Å². The van der Waals surface area contributed by atoms with Gasteiger partial charge in [0.05, 0.1) is 4.90 Å². The third-order valence-electron chi connectivity index (χ3n) is 7.37. The SMILES string of the molecule is O=C(CN1C(=O)C(=O)N(C2CCCC2)C1=O)N1CCN(S(=O)(=O)c2ccc3c(c2)CCC3)CC1. The first-order valence-corrected chi connectivity index (χ1v) is 13.3. The van der Waals surface area contributed by atoms with E-state index in [4.69, 9.17) is 0 Å². The van der Waals surface area contributed by atoms with Crippen molar-refractivity contribution in [1.29, 1.82) is 0 Å². The molecule has 2 saturated heterocycles. The Kier molecular flexibility index (Phi) is 5.93. The molecule has 10 nitrogen and oxygen atoms in total. The van der Waals surface area contributed by atoms with Crippen LogP contribution in [0.5, 0.6) is 0 Å². The molecular weight excluding hydrogens is 460 g/mol. The fraction of sp³-hybridized carbons (Fsp3) is 0.565. The molecule has 3 fully saturated rings. The number of sulfonamides is 1. The Labute approximate surface area is 198 Å². The fourth-order valence-electron chi connectivity index (χ4n) is 5.42. The first-order chi connectivity index (χ1) is 16.3. The van der Waals surface area contributed by atoms with Crippen LogP contribution in [0.25, 0.3) is 0 Å². The highest BCUT2D eigenvalue weighted by Crippen LogP contribution is 2.29. The van der Waals surface area contributed by atoms with E-state index in [0.29, 0.717) is 12.8 Å². The maximum absolute atomic E-state index is 13.1. The van der Waals surface area contributed by atoms with Crippen molar-refractivity contribution >= 4 is 33.8 Å². The lowest BCUT2D eigenvalue weighted by Crippen LogP contribution is -2.53. The summed E-state index contributed by atoms with van der Waals surface area (Å²) in [6.07, 6.45) is 6.03. The van der Waals surface area contributed by atoms with Crippen molar-refractivity contribution in [3.8, 4) is 0 Å². The summed E-state index contributed by atoms with van der Waals surface area (Å²) in [6.45, 7) is 0.0452. The van der Waals surface area contributed by atoms with Gasteiger partial charge in [-0.05, 0) is 55.4 Å². The first kappa shape index (κ1) is 23.0. The Hall–Kier alpha value is -2.79. The normalized spacial score (nSPS) is 22.2. The molecule has 2 aliphatic carbocycles. The zero-order valence-corrected chi connectivity index (χ0v) is 19.8. The second kappa shape index (κ2) is 8.77. The van der Waals surface area contributed by atoms with Gasteiger partial charge in [-0.2, -0.15) is 4.31 Å². The monoisotopic (exact) mass is 488 g/mol. The summed E-state index contributed by atoms with van der Waals surface area (Å²) in [5.41, 5.74) is 2.28. The van der Waals surface area contributed by atoms with Crippen LogP contribution < -0.4 is 0 Å². The molecule has 4 aliphatic rings. The molecule has 0 N–H and O–H groups in total. The van der Waals surface area contributed by atoms with Gasteiger partial charge in [-0.1, -0.05) is 18.9 Å². The highest BCUT2D eigenvalue weighted by Gasteiger charge is 2.49. The minimum absolute atomic E-state index is 0.125. The third-order valence-corrected chi connectivity index (χ3v) is 9.26. The van der Waals surface area contributed by atoms with Gasteiger partial charge in [0, 0.05) is 32.2 Å². The van der Waals surface area contributed by atoms with E-state index in [1.54, 1.807) is 12.1 Å². The topological polar surface area (TPSA) is 115 Å². The van der Waals surface area contributed by atoms with E-state index in [1.807, 2.05) is 6.07 Å². The molecule has 34 heavy (non-hydrogen) atoms. The molecule has 2 aliphatic heterocycles. The van der Waals surface area contributed by atoms with Crippen molar-refractivity contribution in [1.82, 2.24) is 19.0 Å². The molecule has 0 spiro atoms. The molecule has 0 bridgehead atoms. The molecule has 5 rings (SSSR count). The van der Waals surface area contributed by atoms with Crippen LogP contribution in [0.3, 0.4) is 0 Å². The quantitative estimate of drug-likeness (QED) is 0.446. The summed E-state index contributed by atoms with van der Waals surface area (Å²) >= 11 is 0. The number of amides is 5. The maximum atomic E-state index is 13.1. The van der Waals surface area contributed by atoms with Crippen molar-refractivity contribution < 1.29 is 27.6 Å². The van der Waals surface area contributed by atoms with Crippen LogP contribution in [0.15, 0.2) is 23.1 Å². The van der Waals surface area contributed by atoms with Crippen molar-refractivity contribution in [2.75, 3.05) is 32.7 Å². The summed E-state index contributed by atoms with van der Waals surface area (Å²) < 4.78 is 27.6. The lowest BCUT2D eigenvalue weighted by molar-refractivity contribution is -0.145. The Balaban J connectivity index is 1.20. The number of hydrogen-bond acceptors (Lipinski definition) is 6. The Morgan fingerprint density at radius 1 is 0.882 bits per heavy atom. The van der Waals surface area contributed by atoms with Gasteiger partial charge in [-0.25, -0.2) is 18.1 Å². The van der Waals surface area contributed by atoms with Crippen LogP contribution in [0, 0.1) is 0 Å². The van der Waals surface area contributed by atoms with Gasteiger partial charge in [-0.3, -0.25) is 19.3 Å². The highest BCUT2D eigenvalue weighted by atomic mass is 32.2. The lowest BCUT2D eigenvalue weighted by Gasteiger charge is -2.34. The third kappa shape index (κ3) is 3.90. The standard InChI is InChI=1S/C23H28N4O6S/c28-20(15-26-21(29)22(30)27(23(26)31)18-6-1-2-7-18)24-10-12-25(13-11-24)34(32,33)19-9-8-16-4-3-5-17(16)14-19/h8-9,14,18H,1-7,10-13,15H2. The molecule has 5 amide bonds. The summed E-state index contributed by atoms with van der Waals surface area (Å²) in [6, 6.07) is 4.28. The van der Waals surface area contributed by atoms with Gasteiger partial charge in [0.1, 0.15) is 6.54 Å². The Bertz CT molecular complexity index is 1150. The number of imide groups is 2. The summed E-state index contributed by atoms with van der Waals surface area (Å²) in [4.78, 5) is 53.7. The van der Waals surface area contributed by atoms with Gasteiger partial charge in [0.25, 0.3) is 0 Å². The molecule has 0 atom stereocenters. The van der Waals surface area contributed by atoms with E-state index in [0.717, 1.165) is 47.5 Å². The molecule has 0 aromatic heterocycles. The Morgan fingerprint density at radius 3 is 2.26 bits per heavy atom. The molecule has 0 unspecified atom stereocenters. The van der Waals surface area contributed by atoms with Crippen molar-refractivity contribution in [2.24, 2.45) is 0 Å². The van der Waals surface area contributed by atoms with Crippen LogP contribution in [0.2, 0.25) is 0 Å². The van der Waals surface area contributed by atoms with Crippen LogP contribution in [-0.2, 0) is 37.2 Å². The molecular formula is C23H28N4O6S. The number of benzene rings is 1. The first-order valence-electron chi connectivity index (χ1n) is 11.9. The zero-order chi connectivity index (χ0) is 24.0. The number of rotatable bonds is 5. The van der Waals surface area contributed by atoms with Crippen LogP contribution in [0.1, 0.15) is 43.2 Å². The predicted octanol–water partition coefficient (Wildman–Crippen LogP) is 0.742. The molecule has 2 heterocycles. The van der Waals surface area contributed by atoms with Crippen molar-refractivity contribution in [2.45, 2.75) is 55.9 Å². The minimum atomic E-state index is -3.67. The zero-order valence-electron chi connectivity index (χ0n) is 18.9. The molecule has 1 aromatic carbocycles. The molecule has 11 heteroatoms. The summed E-state index contributed by atoms with van der Waals surface area (Å²) in [7, 11) is -3.67. The fourth-order valence-corrected chi connectivity index (χ4v) is 6.89. The van der Waals surface area contributed by atoms with E-state index >= 15 is 0 Å². The maximum Gasteiger partial charge on any atom is 0.334 e. The molecule has 1 saturated carbocycles. The van der Waals surface area contributed by atoms with E-state index < -0.39 is 40.3 Å². The van der Waals surface area contributed by atoms with E-state index in [-0.39, 0.29) is 37.1 Å². The van der Waals surface area contributed by atoms with Gasteiger partial charge < -0.3 is 4.90 Å². The molecule has 182 valence electrons. The van der Waals surface area contributed by atoms with Gasteiger partial charge >= 0.3 is 17.8 Å². The second-order valence-corrected chi connectivity index (χ2v) is 11.3. The average molecular weight is 489 g/mol. The minimum Gasteiger partial charge on any atom is -0.338 e. The predicted molar refractivity (Wildman–Crippen MR) is 120 cm³/mol. The molecule has 1 aromatic rings. The smallest absolute Gasteiger partial charge is 0.334 e. The van der Waals surface area contributed by atoms with Gasteiger partial charge in [0.15, 0.2) is 0 Å². The summed E-state index contributed by atoms with van der Waals surface area (Å²) in [5, 5.41) is 0. The number of urea groups is 1. The average Bonchev–Trinajstić information content (AvgIpc) is 3.57. The number of hydrogen-bond donors (Lipinski definition) is 0. The van der Waals surface area contributed by atoms with Crippen LogP contribution in [-0.4, -0.2) is 89.9 Å². The number of fused-ring (bicyclic) bond motifs is 1. The highest BCUT2D eigenvalue weighted by molar-refractivity contribution is 7.89. The van der Waals surface area contributed by atoms with Crippen molar-refractivity contribution in [3.05, 3.63) is 29.3 Å². The van der Waals surface area contributed by atoms with Crippen LogP contribution in [0.4, 0.5) is 4.79 Å². The van der Waals surface area contributed by atoms with E-state index in [9.17, 15) is 27.6 Å². The lowest BCUT2D eigenvalue weighted by atomic mass is 10.1. The largest absolute Gasteiger partial charge is 0.338 e. The number of carbonyl (C=O) groups excluding carboxylic acids is 4. The van der Waals surface area contributed by atoms with Gasteiger partial charge in [0.2, 0.25) is 15.9 Å². The Morgan fingerprint density at radius 2 is 1.56 bits per heavy atom. The van der Waals surface area contributed by atoms with Crippen molar-refractivity contribution in [3.63, 3.8) is 0 Å². The number of carbonyl (C=O) groups is 4.